The van der Waals surface area contributed by atoms with Gasteiger partial charge < -0.3 is 31.1 Å². The van der Waals surface area contributed by atoms with E-state index in [-0.39, 0.29) is 0 Å². The van der Waals surface area contributed by atoms with Crippen molar-refractivity contribution in [2.75, 3.05) is 0 Å². The monoisotopic (exact) mass is 428 g/mol. The second-order valence-corrected chi connectivity index (χ2v) is 7.27. The predicted octanol–water partition coefficient (Wildman–Crippen LogP) is -1.98. The Morgan fingerprint density at radius 2 is 1.97 bits per heavy atom. The highest BCUT2D eigenvalue weighted by atomic mass is 16.6. The molecule has 7 N–H and O–H groups in total. The number of carbonyl (C=O) groups excluding carboxylic acids is 1. The maximum atomic E-state index is 12.3. The lowest BCUT2D eigenvalue weighted by Crippen LogP contribution is -2.56. The van der Waals surface area contributed by atoms with E-state index >= 15 is 0 Å². The molecule has 0 aliphatic carbocycles. The number of nitrogens with two attached hydrogens (primary N) is 1. The van der Waals surface area contributed by atoms with Crippen molar-refractivity contribution in [2.24, 2.45) is 5.73 Å². The van der Waals surface area contributed by atoms with E-state index < -0.39 is 59.7 Å². The Bertz CT molecular complexity index is 853. The summed E-state index contributed by atoms with van der Waals surface area (Å²) in [5.74, 6) is -2.24. The second kappa shape index (κ2) is 10.5. The van der Waals surface area contributed by atoms with Gasteiger partial charge in [-0.05, 0) is 6.42 Å². The Labute approximate surface area is 171 Å². The van der Waals surface area contributed by atoms with Crippen LogP contribution < -0.4 is 22.3 Å². The quantitative estimate of drug-likeness (QED) is 0.229. The first kappa shape index (κ1) is 23.7. The van der Waals surface area contributed by atoms with Gasteiger partial charge in [0.05, 0.1) is 6.04 Å². The van der Waals surface area contributed by atoms with Gasteiger partial charge in [-0.2, -0.15) is 0 Å². The Hall–Kier alpha value is -2.54. The van der Waals surface area contributed by atoms with Crippen LogP contribution in [0.3, 0.4) is 0 Å². The van der Waals surface area contributed by atoms with Gasteiger partial charge in [0.2, 0.25) is 5.91 Å². The number of ether oxygens (including phenoxy) is 1. The lowest BCUT2D eigenvalue weighted by molar-refractivity contribution is -0.149. The standard InChI is InChI=1S/C18H28N4O8/c1-2-3-4-5-6-9(19)15(26)21-11(17(27)28)14-12(24)13(25)16(30-14)22-8-7-10(23)20-18(22)29/h7-9,11-14,16,24-25H,2-6,19H2,1H3,(H,21,26)(H,27,28)(H,20,23,29)/t9?,11?,12-,13+,14+,16+/m0/s1. The van der Waals surface area contributed by atoms with Gasteiger partial charge in [-0.1, -0.05) is 32.6 Å². The fourth-order valence-corrected chi connectivity index (χ4v) is 3.29. The fraction of sp³-hybridized carbons (Fsp3) is 0.667. The predicted molar refractivity (Wildman–Crippen MR) is 104 cm³/mol. The van der Waals surface area contributed by atoms with Crippen molar-refractivity contribution in [3.63, 3.8) is 0 Å². The Morgan fingerprint density at radius 1 is 1.27 bits per heavy atom. The zero-order chi connectivity index (χ0) is 22.4. The molecule has 1 aromatic rings. The summed E-state index contributed by atoms with van der Waals surface area (Å²) in [5.41, 5.74) is 4.24. The minimum absolute atomic E-state index is 0.365. The molecule has 1 aliphatic heterocycles. The van der Waals surface area contributed by atoms with Crippen LogP contribution in [0, 0.1) is 0 Å². The van der Waals surface area contributed by atoms with Crippen LogP contribution in [0.1, 0.15) is 45.3 Å². The number of aliphatic hydroxyl groups excluding tert-OH is 2. The molecule has 1 aromatic heterocycles. The summed E-state index contributed by atoms with van der Waals surface area (Å²) in [6, 6.07) is -1.65. The van der Waals surface area contributed by atoms with Crippen LogP contribution in [0.5, 0.6) is 0 Å². The summed E-state index contributed by atoms with van der Waals surface area (Å²) in [4.78, 5) is 49.1. The molecular weight excluding hydrogens is 400 g/mol. The summed E-state index contributed by atoms with van der Waals surface area (Å²) in [5, 5.41) is 32.3. The lowest BCUT2D eigenvalue weighted by atomic mass is 10.0. The van der Waals surface area contributed by atoms with E-state index in [2.05, 4.69) is 5.32 Å². The van der Waals surface area contributed by atoms with Gasteiger partial charge in [0.15, 0.2) is 12.3 Å². The average Bonchev–Trinajstić information content (AvgIpc) is 2.97. The zero-order valence-corrected chi connectivity index (χ0v) is 16.6. The number of aromatic nitrogens is 2. The molecule has 0 saturated carbocycles. The van der Waals surface area contributed by atoms with E-state index in [0.29, 0.717) is 12.8 Å². The van der Waals surface area contributed by atoms with E-state index in [0.717, 1.165) is 36.1 Å². The van der Waals surface area contributed by atoms with Crippen LogP contribution in [0.2, 0.25) is 0 Å². The number of carboxylic acid groups (broad SMARTS) is 1. The Morgan fingerprint density at radius 3 is 2.57 bits per heavy atom. The number of carboxylic acids is 1. The molecule has 0 aromatic carbocycles. The van der Waals surface area contributed by atoms with Gasteiger partial charge in [0, 0.05) is 12.3 Å². The average molecular weight is 428 g/mol. The van der Waals surface area contributed by atoms with E-state index in [4.69, 9.17) is 10.5 Å². The number of hydrogen-bond donors (Lipinski definition) is 6. The molecule has 12 heteroatoms. The van der Waals surface area contributed by atoms with Crippen LogP contribution in [-0.4, -0.2) is 67.1 Å². The Kier molecular flexibility index (Phi) is 8.29. The van der Waals surface area contributed by atoms with Gasteiger partial charge in [0.25, 0.3) is 5.56 Å². The number of rotatable bonds is 10. The SMILES string of the molecule is CCCCCCC(N)C(=O)NC(C(=O)O)[C@H]1O[C@@H](n2ccc(=O)[nH]c2=O)[C@H](O)[C@@H]1O. The van der Waals surface area contributed by atoms with E-state index in [9.17, 15) is 34.5 Å². The number of unbranched alkanes of at least 4 members (excludes halogenated alkanes) is 3. The molecule has 12 nitrogen and oxygen atoms in total. The molecular formula is C18H28N4O8. The first-order chi connectivity index (χ1) is 14.2. The highest BCUT2D eigenvalue weighted by Gasteiger charge is 2.50. The first-order valence-electron chi connectivity index (χ1n) is 9.79. The molecule has 1 saturated heterocycles. The summed E-state index contributed by atoms with van der Waals surface area (Å²) < 4.78 is 6.23. The van der Waals surface area contributed by atoms with E-state index in [1.165, 1.54) is 0 Å². The van der Waals surface area contributed by atoms with Crippen LogP contribution in [0.25, 0.3) is 0 Å². The summed E-state index contributed by atoms with van der Waals surface area (Å²) >= 11 is 0. The molecule has 2 rings (SSSR count). The maximum Gasteiger partial charge on any atom is 0.330 e. The molecule has 1 amide bonds. The number of aromatic amines is 1. The summed E-state index contributed by atoms with van der Waals surface area (Å²) in [7, 11) is 0. The largest absolute Gasteiger partial charge is 0.480 e. The minimum atomic E-state index is -1.73. The maximum absolute atomic E-state index is 12.3. The van der Waals surface area contributed by atoms with E-state index in [1.807, 2.05) is 11.9 Å². The number of H-pyrrole nitrogens is 1. The van der Waals surface area contributed by atoms with Gasteiger partial charge >= 0.3 is 11.7 Å². The van der Waals surface area contributed by atoms with Crippen LogP contribution >= 0.6 is 0 Å². The molecule has 30 heavy (non-hydrogen) atoms. The Balaban J connectivity index is 2.11. The second-order valence-electron chi connectivity index (χ2n) is 7.27. The number of nitrogens with zero attached hydrogens (tertiary/aromatic N) is 1. The van der Waals surface area contributed by atoms with Gasteiger partial charge in [-0.15, -0.1) is 0 Å². The molecule has 0 bridgehead atoms. The molecule has 0 radical (unpaired) electrons. The van der Waals surface area contributed by atoms with Crippen molar-refractivity contribution in [3.8, 4) is 0 Å². The van der Waals surface area contributed by atoms with E-state index in [1.54, 1.807) is 0 Å². The van der Waals surface area contributed by atoms with Crippen molar-refractivity contribution in [3.05, 3.63) is 33.1 Å². The topological polar surface area (TPSA) is 197 Å². The molecule has 1 aliphatic rings. The number of hydrogen-bond acceptors (Lipinski definition) is 8. The third kappa shape index (κ3) is 5.53. The minimum Gasteiger partial charge on any atom is -0.480 e. The van der Waals surface area contributed by atoms with Crippen molar-refractivity contribution < 1.29 is 29.6 Å². The van der Waals surface area contributed by atoms with Crippen molar-refractivity contribution in [1.29, 1.82) is 0 Å². The molecule has 2 unspecified atom stereocenters. The first-order valence-corrected chi connectivity index (χ1v) is 9.79. The van der Waals surface area contributed by atoms with Crippen molar-refractivity contribution in [2.45, 2.75) is 75.7 Å². The number of aliphatic carboxylic acids is 1. The van der Waals surface area contributed by atoms with Crippen LogP contribution in [0.4, 0.5) is 0 Å². The van der Waals surface area contributed by atoms with Crippen molar-refractivity contribution in [1.82, 2.24) is 14.9 Å². The molecule has 6 atom stereocenters. The highest BCUT2D eigenvalue weighted by molar-refractivity contribution is 5.87. The summed E-state index contributed by atoms with van der Waals surface area (Å²) in [6.45, 7) is 2.04. The highest BCUT2D eigenvalue weighted by Crippen LogP contribution is 2.30. The third-order valence-electron chi connectivity index (χ3n) is 5.00. The molecule has 2 heterocycles. The van der Waals surface area contributed by atoms with Crippen LogP contribution in [-0.2, 0) is 14.3 Å². The fourth-order valence-electron chi connectivity index (χ4n) is 3.29. The third-order valence-corrected chi connectivity index (χ3v) is 5.00. The summed E-state index contributed by atoms with van der Waals surface area (Å²) in [6.07, 6.45) is -1.40. The molecule has 0 spiro atoms. The number of carbonyl (C=O) groups is 2. The van der Waals surface area contributed by atoms with Crippen LogP contribution in [0.15, 0.2) is 21.9 Å². The van der Waals surface area contributed by atoms with Gasteiger partial charge in [-0.3, -0.25) is 19.1 Å². The van der Waals surface area contributed by atoms with Crippen molar-refractivity contribution >= 4 is 11.9 Å². The lowest BCUT2D eigenvalue weighted by Gasteiger charge is -2.24. The smallest absolute Gasteiger partial charge is 0.330 e. The number of aliphatic hydroxyl groups is 2. The zero-order valence-electron chi connectivity index (χ0n) is 16.6. The number of nitrogens with one attached hydrogen (secondary N) is 2. The number of amides is 1. The molecule has 1 fully saturated rings. The molecule has 168 valence electrons. The van der Waals surface area contributed by atoms with Gasteiger partial charge in [-0.25, -0.2) is 9.59 Å². The van der Waals surface area contributed by atoms with Gasteiger partial charge in [0.1, 0.15) is 18.3 Å². The normalized spacial score (nSPS) is 25.6.